The van der Waals surface area contributed by atoms with Crippen LogP contribution in [0.2, 0.25) is 0 Å². The molecule has 2 aliphatic heterocycles. The number of nitrogens with zero attached hydrogens (tertiary/aromatic N) is 3. The molecule has 3 rings (SSSR count). The monoisotopic (exact) mass is 340 g/mol. The minimum Gasteiger partial charge on any atom is -0.390 e. The first-order valence-corrected chi connectivity index (χ1v) is 7.26. The van der Waals surface area contributed by atoms with Gasteiger partial charge in [0.05, 0.1) is 24.4 Å². The number of alkyl halides is 3. The van der Waals surface area contributed by atoms with E-state index in [-0.39, 0.29) is 19.1 Å². The molecular weight excluding hydrogens is 325 g/mol. The van der Waals surface area contributed by atoms with Crippen LogP contribution < -0.4 is 5.32 Å². The van der Waals surface area contributed by atoms with E-state index >= 15 is 0 Å². The van der Waals surface area contributed by atoms with E-state index in [0.717, 1.165) is 12.1 Å². The molecule has 6 nitrogen and oxygen atoms in total. The second-order valence-electron chi connectivity index (χ2n) is 5.64. The summed E-state index contributed by atoms with van der Waals surface area (Å²) in [6.45, 7) is 1.45. The van der Waals surface area contributed by atoms with E-state index in [1.54, 1.807) is 6.92 Å². The number of rotatable bonds is 3. The second-order valence-corrected chi connectivity index (χ2v) is 5.64. The van der Waals surface area contributed by atoms with Crippen molar-refractivity contribution in [3.8, 4) is 0 Å². The van der Waals surface area contributed by atoms with Gasteiger partial charge >= 0.3 is 6.18 Å². The smallest absolute Gasteiger partial charge is 0.390 e. The van der Waals surface area contributed by atoms with Gasteiger partial charge in [-0.3, -0.25) is 9.80 Å². The van der Waals surface area contributed by atoms with E-state index in [1.807, 2.05) is 0 Å². The molecule has 0 radical (unpaired) electrons. The molecule has 1 aromatic carbocycles. The molecule has 24 heavy (non-hydrogen) atoms. The number of carbonyl (C=O) groups is 1. The molecule has 2 N–H and O–H groups in total. The van der Waals surface area contributed by atoms with Gasteiger partial charge in [-0.2, -0.15) is 18.3 Å². The van der Waals surface area contributed by atoms with Crippen LogP contribution in [0.25, 0.3) is 0 Å². The minimum absolute atomic E-state index is 0.187. The normalized spacial score (nSPS) is 23.5. The van der Waals surface area contributed by atoms with E-state index in [0.29, 0.717) is 17.1 Å². The number of hydrogen-bond donors (Lipinski definition) is 2. The first kappa shape index (κ1) is 16.4. The van der Waals surface area contributed by atoms with Crippen molar-refractivity contribution in [1.82, 2.24) is 10.3 Å². The molecule has 1 amide bonds. The minimum atomic E-state index is -4.39. The number of hydrogen-bond acceptors (Lipinski definition) is 5. The number of halogens is 3. The summed E-state index contributed by atoms with van der Waals surface area (Å²) in [6, 6.07) is 4.73. The van der Waals surface area contributed by atoms with Gasteiger partial charge in [0.25, 0.3) is 0 Å². The number of nitrogens with one attached hydrogen (secondary N) is 1. The van der Waals surface area contributed by atoms with E-state index < -0.39 is 23.8 Å². The van der Waals surface area contributed by atoms with Gasteiger partial charge in [-0.25, -0.2) is 4.99 Å². The van der Waals surface area contributed by atoms with Crippen molar-refractivity contribution >= 4 is 17.5 Å². The molecule has 2 aliphatic rings. The Balaban J connectivity index is 1.83. The fourth-order valence-corrected chi connectivity index (χ4v) is 2.79. The highest BCUT2D eigenvalue weighted by Crippen LogP contribution is 2.31. The topological polar surface area (TPSA) is 77.3 Å². The molecule has 1 aromatic rings. The van der Waals surface area contributed by atoms with Gasteiger partial charge in [-0.15, -0.1) is 0 Å². The Bertz CT molecular complexity index is 712. The lowest BCUT2D eigenvalue weighted by molar-refractivity contribution is -0.137. The van der Waals surface area contributed by atoms with Crippen LogP contribution in [0.4, 0.5) is 13.2 Å². The zero-order chi connectivity index (χ0) is 17.5. The number of hydrazone groups is 1. The Morgan fingerprint density at radius 3 is 2.54 bits per heavy atom. The summed E-state index contributed by atoms with van der Waals surface area (Å²) in [5.41, 5.74) is 0.167. The Hall–Kier alpha value is -2.42. The summed E-state index contributed by atoms with van der Waals surface area (Å²) in [7, 11) is 0. The number of aliphatic hydroxyl groups excluding tert-OH is 1. The number of amides is 1. The highest BCUT2D eigenvalue weighted by atomic mass is 19.4. The predicted molar refractivity (Wildman–Crippen MR) is 80.0 cm³/mol. The summed E-state index contributed by atoms with van der Waals surface area (Å²) in [6.07, 6.45) is -4.98. The molecule has 0 spiro atoms. The van der Waals surface area contributed by atoms with Crippen LogP contribution in [-0.4, -0.2) is 40.3 Å². The number of carbonyl (C=O) groups excluding carboxylic acids is 1. The van der Waals surface area contributed by atoms with Crippen LogP contribution in [0.15, 0.2) is 34.4 Å². The summed E-state index contributed by atoms with van der Waals surface area (Å²) in [5.74, 6) is -0.545. The first-order valence-electron chi connectivity index (χ1n) is 7.26. The number of aliphatic imine (C=N–C) groups is 1. The lowest BCUT2D eigenvalue weighted by atomic mass is 9.98. The first-order chi connectivity index (χ1) is 11.3. The predicted octanol–water partition coefficient (Wildman–Crippen LogP) is 1.36. The van der Waals surface area contributed by atoms with E-state index in [1.165, 1.54) is 17.1 Å². The number of amidine groups is 1. The number of benzene rings is 1. The third-order valence-corrected chi connectivity index (χ3v) is 3.92. The number of fused-ring (bicyclic) bond motifs is 1. The van der Waals surface area contributed by atoms with Gasteiger partial charge in [-0.1, -0.05) is 12.1 Å². The van der Waals surface area contributed by atoms with Gasteiger partial charge in [0.2, 0.25) is 5.91 Å². The third kappa shape index (κ3) is 2.99. The fourth-order valence-electron chi connectivity index (χ4n) is 2.79. The van der Waals surface area contributed by atoms with Gasteiger partial charge in [0.15, 0.2) is 6.17 Å². The fraction of sp³-hybridized carbons (Fsp3) is 0.400. The molecule has 0 aromatic heterocycles. The molecule has 0 fully saturated rings. The van der Waals surface area contributed by atoms with Crippen LogP contribution in [0.3, 0.4) is 0 Å². The number of aliphatic hydroxyl groups is 1. The summed E-state index contributed by atoms with van der Waals surface area (Å²) < 4.78 is 37.8. The molecule has 128 valence electrons. The maximum Gasteiger partial charge on any atom is 0.416 e. The summed E-state index contributed by atoms with van der Waals surface area (Å²) >= 11 is 0. The van der Waals surface area contributed by atoms with Gasteiger partial charge in [0, 0.05) is 0 Å². The van der Waals surface area contributed by atoms with Gasteiger partial charge in [0.1, 0.15) is 11.8 Å². The van der Waals surface area contributed by atoms with Crippen molar-refractivity contribution in [2.24, 2.45) is 16.0 Å². The van der Waals surface area contributed by atoms with E-state index in [9.17, 15) is 23.1 Å². The molecule has 0 saturated carbocycles. The Morgan fingerprint density at radius 2 is 1.96 bits per heavy atom. The van der Waals surface area contributed by atoms with Crippen LogP contribution >= 0.6 is 0 Å². The zero-order valence-electron chi connectivity index (χ0n) is 12.7. The highest BCUT2D eigenvalue weighted by molar-refractivity contribution is 6.12. The van der Waals surface area contributed by atoms with Crippen molar-refractivity contribution in [3.63, 3.8) is 0 Å². The largest absolute Gasteiger partial charge is 0.416 e. The Labute approximate surface area is 135 Å². The summed E-state index contributed by atoms with van der Waals surface area (Å²) in [5, 5.41) is 17.7. The van der Waals surface area contributed by atoms with Crippen LogP contribution in [0.5, 0.6) is 0 Å². The molecule has 2 atom stereocenters. The summed E-state index contributed by atoms with van der Waals surface area (Å²) in [4.78, 5) is 16.4. The highest BCUT2D eigenvalue weighted by Gasteiger charge is 2.44. The van der Waals surface area contributed by atoms with Crippen LogP contribution in [0, 0.1) is 5.92 Å². The molecule has 9 heteroatoms. The average Bonchev–Trinajstić information content (AvgIpc) is 2.85. The second kappa shape index (κ2) is 5.90. The Morgan fingerprint density at radius 1 is 1.29 bits per heavy atom. The standard InChI is InChI=1S/C15H15F3N4O2/c1-8-19-13-12(14(24)20-8)11(7-23)21-22(13)6-9-2-4-10(5-3-9)15(16,17)18/h2-5,12-13,23H,6-7H2,1H3,(H,19,20,24). The molecule has 2 heterocycles. The lowest BCUT2D eigenvalue weighted by Crippen LogP contribution is -2.49. The van der Waals surface area contributed by atoms with Crippen molar-refractivity contribution in [2.75, 3.05) is 6.61 Å². The van der Waals surface area contributed by atoms with Crippen molar-refractivity contribution < 1.29 is 23.1 Å². The molecule has 0 saturated heterocycles. The maximum absolute atomic E-state index is 12.6. The molecule has 0 aliphatic carbocycles. The van der Waals surface area contributed by atoms with Gasteiger partial charge in [-0.05, 0) is 24.6 Å². The third-order valence-electron chi connectivity index (χ3n) is 3.92. The molecule has 2 unspecified atom stereocenters. The molecule has 0 bridgehead atoms. The van der Waals surface area contributed by atoms with Gasteiger partial charge < -0.3 is 10.4 Å². The van der Waals surface area contributed by atoms with E-state index in [2.05, 4.69) is 15.4 Å². The zero-order valence-corrected chi connectivity index (χ0v) is 12.7. The Kier molecular flexibility index (Phi) is 4.04. The van der Waals surface area contributed by atoms with Crippen LogP contribution in [0.1, 0.15) is 18.1 Å². The van der Waals surface area contributed by atoms with Crippen molar-refractivity contribution in [1.29, 1.82) is 0 Å². The van der Waals surface area contributed by atoms with E-state index in [4.69, 9.17) is 0 Å². The van der Waals surface area contributed by atoms with Crippen LogP contribution in [-0.2, 0) is 17.5 Å². The maximum atomic E-state index is 12.6. The van der Waals surface area contributed by atoms with Crippen molar-refractivity contribution in [2.45, 2.75) is 25.8 Å². The SMILES string of the molecule is CC1=NC2C(C(=O)N1)C(CO)=NN2Cc1ccc(C(F)(F)F)cc1. The average molecular weight is 340 g/mol. The quantitative estimate of drug-likeness (QED) is 0.872. The van der Waals surface area contributed by atoms with Crippen molar-refractivity contribution in [3.05, 3.63) is 35.4 Å². The lowest BCUT2D eigenvalue weighted by Gasteiger charge is -2.28. The molecular formula is C15H15F3N4O2.